The molecule has 6 heteroatoms. The predicted octanol–water partition coefficient (Wildman–Crippen LogP) is 4.12. The number of hydrogen-bond acceptors (Lipinski definition) is 4. The van der Waals surface area contributed by atoms with Crippen molar-refractivity contribution in [3.8, 4) is 0 Å². The highest BCUT2D eigenvalue weighted by Gasteiger charge is 2.20. The number of carbonyl (C=O) groups excluding carboxylic acids is 1. The largest absolute Gasteiger partial charge is 0.343 e. The first-order chi connectivity index (χ1) is 14.3. The fourth-order valence-electron chi connectivity index (χ4n) is 3.89. The zero-order valence-corrected chi connectivity index (χ0v) is 19.4. The Labute approximate surface area is 183 Å². The van der Waals surface area contributed by atoms with Gasteiger partial charge in [-0.05, 0) is 44.6 Å². The maximum atomic E-state index is 12.9. The Balaban J connectivity index is 1.56. The highest BCUT2D eigenvalue weighted by Crippen LogP contribution is 2.20. The standard InChI is InChI=1S/C24H33N3O2S/c1-17-10-12-27(13-11-17)22(28)9-6-14-30-24-25-19(3)21(23(29)26(24)4)16-20-8-5-7-18(2)15-20/h5,7-8,15,17H,6,9-14,16H2,1-4H3. The number of amides is 1. The van der Waals surface area contributed by atoms with Crippen LogP contribution in [0.3, 0.4) is 0 Å². The molecule has 3 rings (SSSR count). The molecule has 1 aliphatic heterocycles. The Morgan fingerprint density at radius 3 is 2.67 bits per heavy atom. The molecular formula is C24H33N3O2S. The zero-order chi connectivity index (χ0) is 21.7. The van der Waals surface area contributed by atoms with E-state index in [1.54, 1.807) is 23.4 Å². The van der Waals surface area contributed by atoms with E-state index in [9.17, 15) is 9.59 Å². The summed E-state index contributed by atoms with van der Waals surface area (Å²) in [7, 11) is 1.79. The molecule has 30 heavy (non-hydrogen) atoms. The molecular weight excluding hydrogens is 394 g/mol. The molecule has 0 saturated carbocycles. The Hall–Kier alpha value is -2.08. The van der Waals surface area contributed by atoms with E-state index in [-0.39, 0.29) is 11.5 Å². The van der Waals surface area contributed by atoms with Crippen LogP contribution in [0.2, 0.25) is 0 Å². The second-order valence-electron chi connectivity index (χ2n) is 8.50. The number of nitrogens with zero attached hydrogens (tertiary/aromatic N) is 3. The van der Waals surface area contributed by atoms with E-state index in [1.807, 2.05) is 17.9 Å². The number of likely N-dealkylation sites (tertiary alicyclic amines) is 1. The van der Waals surface area contributed by atoms with Gasteiger partial charge in [-0.1, -0.05) is 48.5 Å². The van der Waals surface area contributed by atoms with E-state index >= 15 is 0 Å². The molecule has 1 amide bonds. The molecule has 1 fully saturated rings. The molecule has 1 aliphatic rings. The molecule has 2 heterocycles. The van der Waals surface area contributed by atoms with Gasteiger partial charge >= 0.3 is 0 Å². The lowest BCUT2D eigenvalue weighted by atomic mass is 9.99. The van der Waals surface area contributed by atoms with Crippen LogP contribution in [0.15, 0.2) is 34.2 Å². The van der Waals surface area contributed by atoms with Gasteiger partial charge in [-0.2, -0.15) is 0 Å². The number of rotatable bonds is 7. The summed E-state index contributed by atoms with van der Waals surface area (Å²) in [6.45, 7) is 8.01. The molecule has 0 atom stereocenters. The highest BCUT2D eigenvalue weighted by atomic mass is 32.2. The first-order valence-corrected chi connectivity index (χ1v) is 11.9. The number of piperidine rings is 1. The van der Waals surface area contributed by atoms with Gasteiger partial charge in [-0.3, -0.25) is 14.2 Å². The third-order valence-electron chi connectivity index (χ3n) is 5.92. The molecule has 2 aromatic rings. The number of carbonyl (C=O) groups is 1. The van der Waals surface area contributed by atoms with Crippen LogP contribution in [0.4, 0.5) is 0 Å². The summed E-state index contributed by atoms with van der Waals surface area (Å²) in [5, 5.41) is 0.727. The Morgan fingerprint density at radius 1 is 1.23 bits per heavy atom. The van der Waals surface area contributed by atoms with Crippen molar-refractivity contribution in [1.29, 1.82) is 0 Å². The zero-order valence-electron chi connectivity index (χ0n) is 18.6. The van der Waals surface area contributed by atoms with Crippen molar-refractivity contribution < 1.29 is 4.79 Å². The maximum absolute atomic E-state index is 12.9. The first kappa shape index (κ1) is 22.6. The predicted molar refractivity (Wildman–Crippen MR) is 123 cm³/mol. The molecule has 0 N–H and O–H groups in total. The van der Waals surface area contributed by atoms with Crippen LogP contribution in [0.1, 0.15) is 55.0 Å². The van der Waals surface area contributed by atoms with E-state index in [1.165, 1.54) is 5.56 Å². The van der Waals surface area contributed by atoms with E-state index in [0.717, 1.165) is 66.0 Å². The van der Waals surface area contributed by atoms with Crippen LogP contribution in [-0.4, -0.2) is 39.2 Å². The molecule has 1 aromatic carbocycles. The minimum Gasteiger partial charge on any atom is -0.343 e. The average Bonchev–Trinajstić information content (AvgIpc) is 2.72. The molecule has 0 aliphatic carbocycles. The van der Waals surface area contributed by atoms with Crippen LogP contribution >= 0.6 is 11.8 Å². The molecule has 162 valence electrons. The molecule has 5 nitrogen and oxygen atoms in total. The topological polar surface area (TPSA) is 55.2 Å². The average molecular weight is 428 g/mol. The molecule has 1 saturated heterocycles. The fourth-order valence-corrected chi connectivity index (χ4v) is 4.84. The van der Waals surface area contributed by atoms with E-state index in [0.29, 0.717) is 12.8 Å². The fraction of sp³-hybridized carbons (Fsp3) is 0.542. The lowest BCUT2D eigenvalue weighted by molar-refractivity contribution is -0.132. The van der Waals surface area contributed by atoms with Crippen molar-refractivity contribution in [3.63, 3.8) is 0 Å². The minimum atomic E-state index is 0.0185. The van der Waals surface area contributed by atoms with Crippen LogP contribution in [0.5, 0.6) is 0 Å². The van der Waals surface area contributed by atoms with Crippen molar-refractivity contribution in [3.05, 3.63) is 57.0 Å². The van der Waals surface area contributed by atoms with E-state index in [2.05, 4.69) is 32.0 Å². The van der Waals surface area contributed by atoms with Gasteiger partial charge in [0.05, 0.1) is 0 Å². The van der Waals surface area contributed by atoms with Gasteiger partial charge in [0.2, 0.25) is 5.91 Å². The third kappa shape index (κ3) is 5.75. The van der Waals surface area contributed by atoms with Gasteiger partial charge in [0.25, 0.3) is 5.56 Å². The van der Waals surface area contributed by atoms with Gasteiger partial charge in [-0.25, -0.2) is 4.98 Å². The van der Waals surface area contributed by atoms with Crippen molar-refractivity contribution in [2.24, 2.45) is 13.0 Å². The molecule has 0 bridgehead atoms. The number of thioether (sulfide) groups is 1. The van der Waals surface area contributed by atoms with Crippen molar-refractivity contribution >= 4 is 17.7 Å². The van der Waals surface area contributed by atoms with Gasteiger partial charge in [0.15, 0.2) is 5.16 Å². The van der Waals surface area contributed by atoms with Crippen LogP contribution < -0.4 is 5.56 Å². The summed E-state index contributed by atoms with van der Waals surface area (Å²) in [6, 6.07) is 8.24. The van der Waals surface area contributed by atoms with Gasteiger partial charge in [-0.15, -0.1) is 0 Å². The summed E-state index contributed by atoms with van der Waals surface area (Å²) < 4.78 is 1.65. The third-order valence-corrected chi connectivity index (χ3v) is 7.03. The number of aromatic nitrogens is 2. The van der Waals surface area contributed by atoms with Crippen molar-refractivity contribution in [1.82, 2.24) is 14.5 Å². The van der Waals surface area contributed by atoms with Gasteiger partial charge < -0.3 is 4.90 Å². The van der Waals surface area contributed by atoms with Crippen molar-refractivity contribution in [2.75, 3.05) is 18.8 Å². The van der Waals surface area contributed by atoms with Gasteiger partial charge in [0.1, 0.15) is 0 Å². The normalized spacial score (nSPS) is 14.9. The lowest BCUT2D eigenvalue weighted by Crippen LogP contribution is -2.37. The number of aryl methyl sites for hydroxylation is 2. The second kappa shape index (κ2) is 10.3. The Kier molecular flexibility index (Phi) is 7.75. The SMILES string of the molecule is Cc1cccc(Cc2c(C)nc(SCCCC(=O)N3CCC(C)CC3)n(C)c2=O)c1. The smallest absolute Gasteiger partial charge is 0.257 e. The molecule has 0 spiro atoms. The summed E-state index contributed by atoms with van der Waals surface area (Å²) in [5.41, 5.74) is 3.88. The molecule has 0 unspecified atom stereocenters. The minimum absolute atomic E-state index is 0.0185. The number of hydrogen-bond donors (Lipinski definition) is 0. The Bertz CT molecular complexity index is 946. The summed E-state index contributed by atoms with van der Waals surface area (Å²) in [4.78, 5) is 32.0. The number of benzene rings is 1. The monoisotopic (exact) mass is 427 g/mol. The lowest BCUT2D eigenvalue weighted by Gasteiger charge is -2.30. The van der Waals surface area contributed by atoms with E-state index < -0.39 is 0 Å². The highest BCUT2D eigenvalue weighted by molar-refractivity contribution is 7.99. The van der Waals surface area contributed by atoms with Crippen molar-refractivity contribution in [2.45, 2.75) is 58.0 Å². The quantitative estimate of drug-likeness (QED) is 0.379. The van der Waals surface area contributed by atoms with Gasteiger partial charge in [0, 0.05) is 50.0 Å². The Morgan fingerprint density at radius 2 is 1.97 bits per heavy atom. The molecule has 0 radical (unpaired) electrons. The van der Waals surface area contributed by atoms with Crippen LogP contribution in [0.25, 0.3) is 0 Å². The summed E-state index contributed by atoms with van der Waals surface area (Å²) in [6.07, 6.45) is 4.19. The van der Waals surface area contributed by atoms with Crippen LogP contribution in [0, 0.1) is 19.8 Å². The summed E-state index contributed by atoms with van der Waals surface area (Å²) >= 11 is 1.56. The maximum Gasteiger partial charge on any atom is 0.257 e. The van der Waals surface area contributed by atoms with Crippen LogP contribution in [-0.2, 0) is 18.3 Å². The summed E-state index contributed by atoms with van der Waals surface area (Å²) in [5.74, 6) is 1.77. The molecule has 1 aromatic heterocycles. The van der Waals surface area contributed by atoms with E-state index in [4.69, 9.17) is 4.98 Å². The second-order valence-corrected chi connectivity index (χ2v) is 9.57. The first-order valence-electron chi connectivity index (χ1n) is 10.9.